The number of methoxy groups -OCH3 is 1. The van der Waals surface area contributed by atoms with Crippen LogP contribution in [0.5, 0.6) is 0 Å². The summed E-state index contributed by atoms with van der Waals surface area (Å²) in [6.45, 7) is 1.93. The van der Waals surface area contributed by atoms with Gasteiger partial charge in [0.2, 0.25) is 5.91 Å². The van der Waals surface area contributed by atoms with E-state index in [1.165, 1.54) is 0 Å². The van der Waals surface area contributed by atoms with E-state index in [1.54, 1.807) is 13.3 Å². The zero-order valence-electron chi connectivity index (χ0n) is 11.3. The van der Waals surface area contributed by atoms with Crippen molar-refractivity contribution in [2.45, 2.75) is 6.54 Å². The molecule has 1 aromatic rings. The van der Waals surface area contributed by atoms with Crippen LogP contribution in [0.25, 0.3) is 0 Å². The van der Waals surface area contributed by atoms with Gasteiger partial charge in [-0.2, -0.15) is 0 Å². The Hall–Kier alpha value is -1.70. The Balaban J connectivity index is 2.42. The lowest BCUT2D eigenvalue weighted by Crippen LogP contribution is -2.36. The van der Waals surface area contributed by atoms with Crippen LogP contribution in [0.1, 0.15) is 5.56 Å². The van der Waals surface area contributed by atoms with Crippen molar-refractivity contribution in [2.75, 3.05) is 39.3 Å². The number of rotatable bonds is 8. The van der Waals surface area contributed by atoms with Gasteiger partial charge in [0.05, 0.1) is 13.2 Å². The molecule has 0 aliphatic rings. The van der Waals surface area contributed by atoms with E-state index in [9.17, 15) is 4.79 Å². The predicted octanol–water partition coefficient (Wildman–Crippen LogP) is -0.438. The number of nitrogens with two attached hydrogens (primary N) is 1. The summed E-state index contributed by atoms with van der Waals surface area (Å²) in [7, 11) is 3.46. The molecule has 0 bridgehead atoms. The van der Waals surface area contributed by atoms with E-state index < -0.39 is 0 Å². The molecule has 0 aromatic carbocycles. The Kier molecular flexibility index (Phi) is 6.80. The minimum Gasteiger partial charge on any atom is -0.383 e. The molecule has 1 aromatic heterocycles. The second-order valence-corrected chi connectivity index (χ2v) is 4.17. The maximum Gasteiger partial charge on any atom is 0.234 e. The van der Waals surface area contributed by atoms with Crippen molar-refractivity contribution in [2.24, 2.45) is 5.84 Å². The quantitative estimate of drug-likeness (QED) is 0.336. The Morgan fingerprint density at radius 1 is 1.58 bits per heavy atom. The van der Waals surface area contributed by atoms with Gasteiger partial charge in [0.15, 0.2) is 0 Å². The van der Waals surface area contributed by atoms with Crippen LogP contribution in [-0.4, -0.2) is 49.6 Å². The van der Waals surface area contributed by atoms with Gasteiger partial charge in [-0.25, -0.2) is 10.8 Å². The molecular weight excluding hydrogens is 246 g/mol. The van der Waals surface area contributed by atoms with Gasteiger partial charge in [0.25, 0.3) is 0 Å². The molecule has 0 aliphatic heterocycles. The molecule has 0 spiro atoms. The highest BCUT2D eigenvalue weighted by molar-refractivity contribution is 5.77. The monoisotopic (exact) mass is 267 g/mol. The predicted molar refractivity (Wildman–Crippen MR) is 73.3 cm³/mol. The Morgan fingerprint density at radius 2 is 2.37 bits per heavy atom. The average Bonchev–Trinajstić information content (AvgIpc) is 2.39. The van der Waals surface area contributed by atoms with Crippen LogP contribution in [0.4, 0.5) is 5.82 Å². The third-order valence-corrected chi connectivity index (χ3v) is 2.51. The second kappa shape index (κ2) is 8.41. The first-order chi connectivity index (χ1) is 9.17. The number of hydrazine groups is 1. The molecule has 7 heteroatoms. The number of amides is 1. The Bertz CT molecular complexity index is 399. The van der Waals surface area contributed by atoms with Crippen LogP contribution in [0.15, 0.2) is 18.3 Å². The van der Waals surface area contributed by atoms with Crippen molar-refractivity contribution in [3.8, 4) is 0 Å². The highest BCUT2D eigenvalue weighted by atomic mass is 16.5. The lowest BCUT2D eigenvalue weighted by molar-refractivity contribution is -0.122. The molecule has 0 saturated heterocycles. The number of hydrogen-bond donors (Lipinski definition) is 3. The van der Waals surface area contributed by atoms with Crippen LogP contribution >= 0.6 is 0 Å². The van der Waals surface area contributed by atoms with Gasteiger partial charge in [0, 0.05) is 32.0 Å². The van der Waals surface area contributed by atoms with E-state index in [-0.39, 0.29) is 5.91 Å². The standard InChI is InChI=1S/C12H21N5O2/c1-17(9-11(18)14-6-7-19-2)8-10-4-3-5-15-12(10)16-13/h3-5H,6-9,13H2,1-2H3,(H,14,18)(H,15,16). The van der Waals surface area contributed by atoms with E-state index in [2.05, 4.69) is 15.7 Å². The second-order valence-electron chi connectivity index (χ2n) is 4.17. The number of hydrogen-bond acceptors (Lipinski definition) is 6. The zero-order chi connectivity index (χ0) is 14.1. The summed E-state index contributed by atoms with van der Waals surface area (Å²) >= 11 is 0. The van der Waals surface area contributed by atoms with Crippen molar-refractivity contribution >= 4 is 11.7 Å². The first-order valence-electron chi connectivity index (χ1n) is 6.02. The highest BCUT2D eigenvalue weighted by Gasteiger charge is 2.09. The molecule has 1 rings (SSSR count). The van der Waals surface area contributed by atoms with E-state index in [1.807, 2.05) is 24.1 Å². The third kappa shape index (κ3) is 5.64. The first-order valence-corrected chi connectivity index (χ1v) is 6.02. The summed E-state index contributed by atoms with van der Waals surface area (Å²) < 4.78 is 4.86. The van der Waals surface area contributed by atoms with Gasteiger partial charge in [-0.05, 0) is 13.1 Å². The fourth-order valence-corrected chi connectivity index (χ4v) is 1.64. The van der Waals surface area contributed by atoms with Gasteiger partial charge in [-0.1, -0.05) is 6.07 Å². The summed E-state index contributed by atoms with van der Waals surface area (Å²) in [6, 6.07) is 3.75. The molecule has 1 heterocycles. The summed E-state index contributed by atoms with van der Waals surface area (Å²) in [6.07, 6.45) is 1.66. The van der Waals surface area contributed by atoms with Gasteiger partial charge >= 0.3 is 0 Å². The molecule has 4 N–H and O–H groups in total. The van der Waals surface area contributed by atoms with Crippen molar-refractivity contribution in [1.29, 1.82) is 0 Å². The summed E-state index contributed by atoms with van der Waals surface area (Å²) in [5.41, 5.74) is 3.48. The Morgan fingerprint density at radius 3 is 3.05 bits per heavy atom. The third-order valence-electron chi connectivity index (χ3n) is 2.51. The van der Waals surface area contributed by atoms with E-state index in [4.69, 9.17) is 10.6 Å². The molecule has 0 radical (unpaired) electrons. The normalized spacial score (nSPS) is 10.5. The minimum absolute atomic E-state index is 0.0364. The number of carbonyl (C=O) groups excluding carboxylic acids is 1. The first kappa shape index (κ1) is 15.4. The number of nitrogens with one attached hydrogen (secondary N) is 2. The zero-order valence-corrected chi connectivity index (χ0v) is 11.3. The number of carbonyl (C=O) groups is 1. The van der Waals surface area contributed by atoms with Crippen LogP contribution in [-0.2, 0) is 16.1 Å². The molecule has 0 unspecified atom stereocenters. The largest absolute Gasteiger partial charge is 0.383 e. The lowest BCUT2D eigenvalue weighted by atomic mass is 10.2. The molecule has 7 nitrogen and oxygen atoms in total. The summed E-state index contributed by atoms with van der Waals surface area (Å²) in [5.74, 6) is 5.97. The van der Waals surface area contributed by atoms with Crippen LogP contribution in [0.2, 0.25) is 0 Å². The molecule has 0 aliphatic carbocycles. The summed E-state index contributed by atoms with van der Waals surface area (Å²) in [4.78, 5) is 17.6. The van der Waals surface area contributed by atoms with Crippen LogP contribution in [0, 0.1) is 0 Å². The molecular formula is C12H21N5O2. The molecule has 0 saturated carbocycles. The van der Waals surface area contributed by atoms with Gasteiger partial charge in [-0.15, -0.1) is 0 Å². The molecule has 19 heavy (non-hydrogen) atoms. The Labute approximate surface area is 113 Å². The number of ether oxygens (including phenoxy) is 1. The molecule has 0 atom stereocenters. The number of pyridine rings is 1. The molecule has 1 amide bonds. The van der Waals surface area contributed by atoms with Crippen molar-refractivity contribution in [3.63, 3.8) is 0 Å². The van der Waals surface area contributed by atoms with E-state index >= 15 is 0 Å². The average molecular weight is 267 g/mol. The highest BCUT2D eigenvalue weighted by Crippen LogP contribution is 2.11. The van der Waals surface area contributed by atoms with Crippen molar-refractivity contribution < 1.29 is 9.53 Å². The summed E-state index contributed by atoms with van der Waals surface area (Å²) in [5, 5.41) is 2.77. The fraction of sp³-hybridized carbons (Fsp3) is 0.500. The maximum absolute atomic E-state index is 11.6. The number of aromatic nitrogens is 1. The van der Waals surface area contributed by atoms with Gasteiger partial charge in [-0.3, -0.25) is 9.69 Å². The number of likely N-dealkylation sites (N-methyl/N-ethyl adjacent to an activating group) is 1. The number of nitrogen functional groups attached to an aromatic ring is 1. The van der Waals surface area contributed by atoms with Crippen molar-refractivity contribution in [3.05, 3.63) is 23.9 Å². The SMILES string of the molecule is COCCNC(=O)CN(C)Cc1cccnc1NN. The van der Waals surface area contributed by atoms with Crippen molar-refractivity contribution in [1.82, 2.24) is 15.2 Å². The fourth-order valence-electron chi connectivity index (χ4n) is 1.64. The van der Waals surface area contributed by atoms with E-state index in [0.29, 0.717) is 32.1 Å². The molecule has 0 fully saturated rings. The van der Waals surface area contributed by atoms with Gasteiger partial charge in [0.1, 0.15) is 5.82 Å². The number of nitrogens with zero attached hydrogens (tertiary/aromatic N) is 2. The lowest BCUT2D eigenvalue weighted by Gasteiger charge is -2.17. The van der Waals surface area contributed by atoms with Crippen LogP contribution in [0.3, 0.4) is 0 Å². The smallest absolute Gasteiger partial charge is 0.234 e. The van der Waals surface area contributed by atoms with Crippen LogP contribution < -0.4 is 16.6 Å². The van der Waals surface area contributed by atoms with E-state index in [0.717, 1.165) is 5.56 Å². The van der Waals surface area contributed by atoms with Gasteiger partial charge < -0.3 is 15.5 Å². The molecule has 106 valence electrons. The maximum atomic E-state index is 11.6. The minimum atomic E-state index is -0.0364. The number of anilines is 1. The topological polar surface area (TPSA) is 92.5 Å².